The van der Waals surface area contributed by atoms with Crippen molar-refractivity contribution in [1.82, 2.24) is 15.3 Å². The molecule has 156 valence electrons. The lowest BCUT2D eigenvalue weighted by molar-refractivity contribution is -0.117. The van der Waals surface area contributed by atoms with Crippen molar-refractivity contribution in [3.05, 3.63) is 34.7 Å². The van der Waals surface area contributed by atoms with E-state index in [1.807, 2.05) is 18.2 Å². The Balaban J connectivity index is 1.81. The van der Waals surface area contributed by atoms with Crippen molar-refractivity contribution in [3.63, 3.8) is 0 Å². The summed E-state index contributed by atoms with van der Waals surface area (Å²) in [5.74, 6) is 1.05. The minimum Gasteiger partial charge on any atom is -0.398 e. The summed E-state index contributed by atoms with van der Waals surface area (Å²) in [4.78, 5) is 24.0. The number of hydrogen-bond acceptors (Lipinski definition) is 8. The fraction of sp³-hybridized carbons (Fsp3) is 0.300. The number of carbonyl (C=O) groups is 1. The average molecular weight is 427 g/mol. The number of nitrogen functional groups attached to an aromatic ring is 1. The number of nitrogens with one attached hydrogen (secondary N) is 1. The van der Waals surface area contributed by atoms with Gasteiger partial charge in [0.2, 0.25) is 5.91 Å². The summed E-state index contributed by atoms with van der Waals surface area (Å²) in [6.45, 7) is 3.47. The largest absolute Gasteiger partial charge is 0.398 e. The number of fused-ring (bicyclic) bond motifs is 1. The molecule has 7 N–H and O–H groups in total. The van der Waals surface area contributed by atoms with Gasteiger partial charge in [-0.05, 0) is 12.1 Å². The Bertz CT molecular complexity index is 1090. The predicted octanol–water partition coefficient (Wildman–Crippen LogP) is -0.470. The fourth-order valence-corrected chi connectivity index (χ4v) is 4.52. The lowest BCUT2D eigenvalue weighted by Crippen LogP contribution is -2.37. The van der Waals surface area contributed by atoms with Crippen molar-refractivity contribution in [2.45, 2.75) is 6.54 Å². The second-order valence-corrected chi connectivity index (χ2v) is 8.08. The summed E-state index contributed by atoms with van der Waals surface area (Å²) < 4.78 is 6.51. The van der Waals surface area contributed by atoms with Gasteiger partial charge in [-0.1, -0.05) is 12.1 Å². The van der Waals surface area contributed by atoms with Crippen LogP contribution in [-0.4, -0.2) is 54.9 Å². The molecule has 30 heavy (non-hydrogen) atoms. The lowest BCUT2D eigenvalue weighted by Gasteiger charge is -2.28. The highest BCUT2D eigenvalue weighted by molar-refractivity contribution is 7.19. The van der Waals surface area contributed by atoms with Gasteiger partial charge in [-0.15, -0.1) is 11.3 Å². The predicted molar refractivity (Wildman–Crippen MR) is 118 cm³/mol. The first kappa shape index (κ1) is 20.2. The van der Waals surface area contributed by atoms with Gasteiger partial charge in [0.15, 0.2) is 17.9 Å². The van der Waals surface area contributed by atoms with Crippen LogP contribution in [0.2, 0.25) is 0 Å². The first-order valence-corrected chi connectivity index (χ1v) is 10.4. The molecule has 4 rings (SSSR count). The number of aromatic nitrogens is 2. The molecule has 0 aliphatic carbocycles. The van der Waals surface area contributed by atoms with E-state index in [1.54, 1.807) is 17.4 Å². The Morgan fingerprint density at radius 3 is 2.87 bits per heavy atom. The fourth-order valence-electron chi connectivity index (χ4n) is 3.43. The summed E-state index contributed by atoms with van der Waals surface area (Å²) >= 11 is 1.61. The second-order valence-electron chi connectivity index (χ2n) is 6.94. The third kappa shape index (κ3) is 4.11. The minimum absolute atomic E-state index is 0.125. The Kier molecular flexibility index (Phi) is 5.88. The van der Waals surface area contributed by atoms with Crippen molar-refractivity contribution in [2.24, 2.45) is 5.73 Å². The maximum absolute atomic E-state index is 11.0. The van der Waals surface area contributed by atoms with Gasteiger partial charge < -0.3 is 26.4 Å². The Morgan fingerprint density at radius 2 is 2.13 bits per heavy atom. The molecule has 1 fully saturated rings. The van der Waals surface area contributed by atoms with Crippen LogP contribution in [0.5, 0.6) is 0 Å². The molecule has 3 heterocycles. The van der Waals surface area contributed by atoms with Gasteiger partial charge in [0, 0.05) is 35.8 Å². The molecule has 0 bridgehead atoms. The van der Waals surface area contributed by atoms with Crippen LogP contribution < -0.4 is 27.1 Å². The smallest absolute Gasteiger partial charge is 0.231 e. The van der Waals surface area contributed by atoms with Crippen LogP contribution in [-0.2, 0) is 16.1 Å². The van der Waals surface area contributed by atoms with Crippen LogP contribution in [0, 0.1) is 0 Å². The van der Waals surface area contributed by atoms with E-state index in [2.05, 4.69) is 10.2 Å². The van der Waals surface area contributed by atoms with Crippen molar-refractivity contribution < 1.29 is 14.9 Å². The third-order valence-corrected chi connectivity index (χ3v) is 5.98. The number of rotatable bonds is 7. The number of morpholine rings is 1. The molecular formula is C20H24N7O2S+. The van der Waals surface area contributed by atoms with Crippen LogP contribution >= 0.6 is 11.3 Å². The lowest BCUT2D eigenvalue weighted by atomic mass is 10.1. The van der Waals surface area contributed by atoms with Gasteiger partial charge in [0.25, 0.3) is 0 Å². The molecule has 0 atom stereocenters. The number of carbonyl (C=O) groups excluding carboxylic acids is 1. The van der Waals surface area contributed by atoms with Gasteiger partial charge in [-0.25, -0.2) is 9.97 Å². The van der Waals surface area contributed by atoms with Gasteiger partial charge in [-0.3, -0.25) is 10.2 Å². The van der Waals surface area contributed by atoms with Crippen molar-refractivity contribution in [1.29, 1.82) is 0 Å². The molecule has 1 aliphatic rings. The number of amides is 1. The molecule has 9 nitrogen and oxygen atoms in total. The van der Waals surface area contributed by atoms with E-state index < -0.39 is 0 Å². The molecule has 1 amide bonds. The Hall–Kier alpha value is -3.08. The van der Waals surface area contributed by atoms with Gasteiger partial charge >= 0.3 is 0 Å². The molecule has 10 heteroatoms. The maximum Gasteiger partial charge on any atom is 0.231 e. The zero-order chi connectivity index (χ0) is 21.1. The average Bonchev–Trinajstić information content (AvgIpc) is 3.16. The van der Waals surface area contributed by atoms with E-state index >= 15 is 0 Å². The Morgan fingerprint density at radius 1 is 1.33 bits per heavy atom. The van der Waals surface area contributed by atoms with Crippen molar-refractivity contribution in [2.75, 3.05) is 43.5 Å². The standard InChI is InChI=1S/C20H23N7O2S/c21-9-14-13(2-1-3-15(14)22)19-25-16-8-12(10-24-11-17(23)28)30-18(16)20(26-19)27-4-6-29-7-5-27/h1-3,8-9,21,24H,4-7,10-11,22H2,(H2,23,28)/p+1. The molecule has 0 unspecified atom stereocenters. The van der Waals surface area contributed by atoms with Crippen molar-refractivity contribution >= 4 is 45.2 Å². The zero-order valence-corrected chi connectivity index (χ0v) is 17.2. The monoisotopic (exact) mass is 426 g/mol. The van der Waals surface area contributed by atoms with E-state index in [0.29, 0.717) is 36.8 Å². The topological polar surface area (TPSA) is 145 Å². The summed E-state index contributed by atoms with van der Waals surface area (Å²) in [6, 6.07) is 7.60. The van der Waals surface area contributed by atoms with E-state index in [-0.39, 0.29) is 12.5 Å². The first-order chi connectivity index (χ1) is 14.6. The normalized spacial score (nSPS) is 14.2. The van der Waals surface area contributed by atoms with E-state index in [0.717, 1.165) is 39.6 Å². The van der Waals surface area contributed by atoms with Crippen molar-refractivity contribution in [3.8, 4) is 11.4 Å². The number of nitrogens with zero attached hydrogens (tertiary/aromatic N) is 3. The molecule has 0 radical (unpaired) electrons. The van der Waals surface area contributed by atoms with Gasteiger partial charge in [0.05, 0.1) is 35.5 Å². The molecular weight excluding hydrogens is 402 g/mol. The molecule has 0 spiro atoms. The van der Waals surface area contributed by atoms with Gasteiger partial charge in [0.1, 0.15) is 0 Å². The molecule has 1 aromatic carbocycles. The van der Waals surface area contributed by atoms with Crippen LogP contribution in [0.25, 0.3) is 21.6 Å². The number of benzene rings is 1. The quantitative estimate of drug-likeness (QED) is 0.295. The van der Waals surface area contributed by atoms with E-state index in [4.69, 9.17) is 31.6 Å². The molecule has 0 saturated carbocycles. The molecule has 3 aromatic rings. The van der Waals surface area contributed by atoms with Crippen LogP contribution in [0.15, 0.2) is 24.3 Å². The first-order valence-electron chi connectivity index (χ1n) is 9.63. The van der Waals surface area contributed by atoms with Gasteiger partial charge in [-0.2, -0.15) is 0 Å². The highest BCUT2D eigenvalue weighted by Gasteiger charge is 2.21. The number of anilines is 2. The number of primary amides is 1. The number of hydrogen-bond donors (Lipinski definition) is 4. The SMILES string of the molecule is NC(=O)CNCc1cc2nc(-c3cccc(N)c3C=[NH2+])nc(N3CCOCC3)c2s1. The van der Waals surface area contributed by atoms with Crippen LogP contribution in [0.1, 0.15) is 10.4 Å². The summed E-state index contributed by atoms with van der Waals surface area (Å²) in [5.41, 5.74) is 14.2. The summed E-state index contributed by atoms with van der Waals surface area (Å²) in [5, 5.41) is 8.88. The number of ether oxygens (including phenoxy) is 1. The third-order valence-electron chi connectivity index (χ3n) is 4.86. The Labute approximate surface area is 177 Å². The zero-order valence-electron chi connectivity index (χ0n) is 16.4. The number of thiophene rings is 1. The minimum atomic E-state index is -0.389. The van der Waals surface area contributed by atoms with Crippen LogP contribution in [0.4, 0.5) is 11.5 Å². The second kappa shape index (κ2) is 8.74. The maximum atomic E-state index is 11.0. The molecule has 1 aliphatic heterocycles. The molecule has 1 saturated heterocycles. The van der Waals surface area contributed by atoms with Crippen LogP contribution in [0.3, 0.4) is 0 Å². The van der Waals surface area contributed by atoms with E-state index in [1.165, 1.54) is 6.21 Å². The molecule has 2 aromatic heterocycles. The summed E-state index contributed by atoms with van der Waals surface area (Å²) in [6.07, 6.45) is 1.49. The highest BCUT2D eigenvalue weighted by atomic mass is 32.1. The highest BCUT2D eigenvalue weighted by Crippen LogP contribution is 2.35. The van der Waals surface area contributed by atoms with E-state index in [9.17, 15) is 4.79 Å². The number of nitrogens with two attached hydrogens (primary N) is 3. The summed E-state index contributed by atoms with van der Waals surface area (Å²) in [7, 11) is 0.